The molecule has 3 atom stereocenters. The van der Waals surface area contributed by atoms with Gasteiger partial charge in [0.1, 0.15) is 5.50 Å². The van der Waals surface area contributed by atoms with Gasteiger partial charge in [-0.3, -0.25) is 4.90 Å². The molecule has 1 aliphatic rings. The van der Waals surface area contributed by atoms with Gasteiger partial charge in [0.2, 0.25) is 0 Å². The van der Waals surface area contributed by atoms with E-state index in [9.17, 15) is 0 Å². The van der Waals surface area contributed by atoms with E-state index < -0.39 is 0 Å². The average molecular weight is 211 g/mol. The Morgan fingerprint density at radius 2 is 2.00 bits per heavy atom. The van der Waals surface area contributed by atoms with Crippen LogP contribution in [0.25, 0.3) is 0 Å². The van der Waals surface area contributed by atoms with Crippen LogP contribution in [-0.4, -0.2) is 35.5 Å². The molecule has 4 heteroatoms. The van der Waals surface area contributed by atoms with Gasteiger partial charge >= 0.3 is 0 Å². The number of halogens is 2. The van der Waals surface area contributed by atoms with Crippen LogP contribution in [-0.2, 0) is 0 Å². The zero-order valence-corrected chi connectivity index (χ0v) is 9.23. The van der Waals surface area contributed by atoms with Crippen LogP contribution in [0.15, 0.2) is 0 Å². The second-order valence-electron chi connectivity index (χ2n) is 3.65. The molecule has 0 aliphatic carbocycles. The summed E-state index contributed by atoms with van der Waals surface area (Å²) in [5.74, 6) is 0.541. The van der Waals surface area contributed by atoms with Gasteiger partial charge < -0.3 is 5.32 Å². The second-order valence-corrected chi connectivity index (χ2v) is 4.60. The van der Waals surface area contributed by atoms with Crippen LogP contribution in [0.2, 0.25) is 0 Å². The van der Waals surface area contributed by atoms with E-state index in [0.717, 1.165) is 6.54 Å². The maximum atomic E-state index is 6.20. The van der Waals surface area contributed by atoms with E-state index in [1.807, 2.05) is 11.9 Å². The van der Waals surface area contributed by atoms with Crippen LogP contribution in [0.1, 0.15) is 13.8 Å². The largest absolute Gasteiger partial charge is 0.308 e. The van der Waals surface area contributed by atoms with Crippen LogP contribution in [0, 0.1) is 5.92 Å². The van der Waals surface area contributed by atoms with Crippen LogP contribution in [0.3, 0.4) is 0 Å². The molecular weight excluding hydrogens is 195 g/mol. The molecule has 1 heterocycles. The first kappa shape index (κ1) is 10.6. The van der Waals surface area contributed by atoms with Crippen LogP contribution in [0.5, 0.6) is 0 Å². The van der Waals surface area contributed by atoms with Gasteiger partial charge in [-0.15, -0.1) is 23.2 Å². The molecule has 1 rings (SSSR count). The quantitative estimate of drug-likeness (QED) is 0.524. The normalized spacial score (nSPS) is 39.0. The average Bonchev–Trinajstić information content (AvgIpc) is 2.00. The Morgan fingerprint density at radius 3 is 2.50 bits per heavy atom. The predicted molar refractivity (Wildman–Crippen MR) is 53.7 cm³/mol. The summed E-state index contributed by atoms with van der Waals surface area (Å²) in [6.45, 7) is 5.13. The number of hydrogen-bond donors (Lipinski definition) is 1. The lowest BCUT2D eigenvalue weighted by molar-refractivity contribution is 0.159. The number of likely N-dealkylation sites (N-methyl/N-ethyl adjacent to an activating group) is 1. The molecule has 0 saturated carbocycles. The van der Waals surface area contributed by atoms with Gasteiger partial charge in [-0.1, -0.05) is 13.8 Å². The number of rotatable bonds is 1. The lowest BCUT2D eigenvalue weighted by Gasteiger charge is -2.41. The van der Waals surface area contributed by atoms with E-state index in [1.165, 1.54) is 0 Å². The number of piperazine rings is 1. The van der Waals surface area contributed by atoms with Crippen molar-refractivity contribution in [2.24, 2.45) is 5.92 Å². The van der Waals surface area contributed by atoms with Gasteiger partial charge in [0.05, 0.1) is 5.50 Å². The summed E-state index contributed by atoms with van der Waals surface area (Å²) in [5, 5.41) is 3.34. The Bertz CT molecular complexity index is 152. The molecule has 0 bridgehead atoms. The Kier molecular flexibility index (Phi) is 3.65. The molecule has 0 aromatic carbocycles. The highest BCUT2D eigenvalue weighted by Gasteiger charge is 2.33. The Balaban J connectivity index is 2.58. The topological polar surface area (TPSA) is 15.3 Å². The summed E-state index contributed by atoms with van der Waals surface area (Å²) in [6, 6.07) is 0.340. The molecule has 3 unspecified atom stereocenters. The maximum absolute atomic E-state index is 6.20. The molecule has 0 amide bonds. The molecule has 0 radical (unpaired) electrons. The molecule has 1 saturated heterocycles. The highest BCUT2D eigenvalue weighted by molar-refractivity contribution is 6.23. The minimum absolute atomic E-state index is 0.00116. The third-order valence-electron chi connectivity index (χ3n) is 2.37. The lowest BCUT2D eigenvalue weighted by atomic mass is 10.0. The van der Waals surface area contributed by atoms with Crippen molar-refractivity contribution in [2.75, 3.05) is 13.6 Å². The number of nitrogens with one attached hydrogen (secondary N) is 1. The fourth-order valence-corrected chi connectivity index (χ4v) is 2.22. The van der Waals surface area contributed by atoms with Gasteiger partial charge in [-0.2, -0.15) is 0 Å². The standard InChI is InChI=1S/C8H16Cl2N2/c1-5(2)7-8(10)12(3)6(9)4-11-7/h5-8,11H,4H2,1-3H3. The van der Waals surface area contributed by atoms with E-state index in [-0.39, 0.29) is 11.0 Å². The summed E-state index contributed by atoms with van der Waals surface area (Å²) < 4.78 is 0. The zero-order chi connectivity index (χ0) is 9.30. The van der Waals surface area contributed by atoms with Crippen molar-refractivity contribution in [3.05, 3.63) is 0 Å². The fourth-order valence-electron chi connectivity index (χ4n) is 1.44. The molecule has 72 valence electrons. The first-order valence-corrected chi connectivity index (χ1v) is 5.14. The minimum atomic E-state index is 0.00116. The number of alkyl halides is 2. The monoisotopic (exact) mass is 210 g/mol. The molecule has 2 nitrogen and oxygen atoms in total. The second kappa shape index (κ2) is 4.14. The SMILES string of the molecule is CC(C)C1NCC(Cl)N(C)C1Cl. The van der Waals surface area contributed by atoms with Crippen LogP contribution < -0.4 is 5.32 Å². The van der Waals surface area contributed by atoms with Crippen molar-refractivity contribution < 1.29 is 0 Å². The van der Waals surface area contributed by atoms with Crippen molar-refractivity contribution in [2.45, 2.75) is 30.9 Å². The Morgan fingerprint density at radius 1 is 1.42 bits per heavy atom. The number of hydrogen-bond acceptors (Lipinski definition) is 2. The molecule has 12 heavy (non-hydrogen) atoms. The first-order valence-electron chi connectivity index (χ1n) is 4.27. The molecule has 1 N–H and O–H groups in total. The van der Waals surface area contributed by atoms with Gasteiger partial charge in [-0.25, -0.2) is 0 Å². The fraction of sp³-hybridized carbons (Fsp3) is 1.00. The molecule has 0 aromatic rings. The van der Waals surface area contributed by atoms with Gasteiger partial charge in [0.15, 0.2) is 0 Å². The van der Waals surface area contributed by atoms with E-state index in [1.54, 1.807) is 0 Å². The first-order chi connectivity index (χ1) is 5.54. The van der Waals surface area contributed by atoms with Crippen molar-refractivity contribution >= 4 is 23.2 Å². The number of nitrogens with zero attached hydrogens (tertiary/aromatic N) is 1. The summed E-state index contributed by atoms with van der Waals surface area (Å²) in [7, 11) is 1.96. The van der Waals surface area contributed by atoms with Gasteiger partial charge in [-0.05, 0) is 13.0 Å². The van der Waals surface area contributed by atoms with E-state index in [0.29, 0.717) is 12.0 Å². The van der Waals surface area contributed by atoms with E-state index in [4.69, 9.17) is 23.2 Å². The summed E-state index contributed by atoms with van der Waals surface area (Å²) >= 11 is 12.2. The third-order valence-corrected chi connectivity index (χ3v) is 3.41. The van der Waals surface area contributed by atoms with Gasteiger partial charge in [0, 0.05) is 12.6 Å². The zero-order valence-electron chi connectivity index (χ0n) is 7.72. The summed E-state index contributed by atoms with van der Waals surface area (Å²) in [4.78, 5) is 2.00. The smallest absolute Gasteiger partial charge is 0.102 e. The van der Waals surface area contributed by atoms with E-state index in [2.05, 4.69) is 19.2 Å². The predicted octanol–water partition coefficient (Wildman–Crippen LogP) is 1.68. The Labute approximate surface area is 84.2 Å². The molecule has 0 spiro atoms. The van der Waals surface area contributed by atoms with Crippen molar-refractivity contribution in [3.8, 4) is 0 Å². The molecule has 1 aliphatic heterocycles. The highest BCUT2D eigenvalue weighted by atomic mass is 35.5. The Hall–Kier alpha value is 0.500. The molecular formula is C8H16Cl2N2. The maximum Gasteiger partial charge on any atom is 0.102 e. The lowest BCUT2D eigenvalue weighted by Crippen LogP contribution is -2.59. The van der Waals surface area contributed by atoms with Crippen molar-refractivity contribution in [3.63, 3.8) is 0 Å². The van der Waals surface area contributed by atoms with Crippen molar-refractivity contribution in [1.82, 2.24) is 10.2 Å². The van der Waals surface area contributed by atoms with Gasteiger partial charge in [0.25, 0.3) is 0 Å². The third kappa shape index (κ3) is 2.05. The molecule has 0 aromatic heterocycles. The van der Waals surface area contributed by atoms with Crippen molar-refractivity contribution in [1.29, 1.82) is 0 Å². The minimum Gasteiger partial charge on any atom is -0.308 e. The summed E-state index contributed by atoms with van der Waals surface area (Å²) in [5.41, 5.74) is 0.0174. The van der Waals surface area contributed by atoms with Crippen LogP contribution >= 0.6 is 23.2 Å². The summed E-state index contributed by atoms with van der Waals surface area (Å²) in [6.07, 6.45) is 0. The molecule has 1 fully saturated rings. The van der Waals surface area contributed by atoms with E-state index >= 15 is 0 Å². The highest BCUT2D eigenvalue weighted by Crippen LogP contribution is 2.22. The van der Waals surface area contributed by atoms with Crippen LogP contribution in [0.4, 0.5) is 0 Å².